The number of piperidine rings is 1. The third-order valence-corrected chi connectivity index (χ3v) is 5.40. The predicted octanol–water partition coefficient (Wildman–Crippen LogP) is 2.14. The van der Waals surface area contributed by atoms with Gasteiger partial charge >= 0.3 is 5.97 Å². The summed E-state index contributed by atoms with van der Waals surface area (Å²) in [4.78, 5) is 27.2. The summed E-state index contributed by atoms with van der Waals surface area (Å²) in [5.41, 5.74) is 8.10. The summed E-state index contributed by atoms with van der Waals surface area (Å²) in [7, 11) is 7.37. The standard InChI is InChI=1S/C20H28N6O2/c1-24-11-9-14(10-12-24)25(2)18-17(21)19(23-13-22-18)26(3)16-8-6-5-7-15(16)20(27)28-4/h5-8,13-14H,9-12,21H2,1-4H3. The highest BCUT2D eigenvalue weighted by molar-refractivity contribution is 5.97. The third kappa shape index (κ3) is 3.87. The minimum absolute atomic E-state index is 0.383. The molecule has 1 aliphatic rings. The fraction of sp³-hybridized carbons (Fsp3) is 0.450. The van der Waals surface area contributed by atoms with E-state index in [0.717, 1.165) is 25.9 Å². The Balaban J connectivity index is 1.92. The quantitative estimate of drug-likeness (QED) is 0.785. The van der Waals surface area contributed by atoms with Crippen LogP contribution in [0.15, 0.2) is 30.6 Å². The van der Waals surface area contributed by atoms with Gasteiger partial charge in [0.1, 0.15) is 12.0 Å². The number of rotatable bonds is 5. The Hall–Kier alpha value is -2.87. The van der Waals surface area contributed by atoms with E-state index in [1.165, 1.54) is 13.4 Å². The smallest absolute Gasteiger partial charge is 0.339 e. The van der Waals surface area contributed by atoms with E-state index in [-0.39, 0.29) is 0 Å². The summed E-state index contributed by atoms with van der Waals surface area (Å²) in [6, 6.07) is 7.61. The van der Waals surface area contributed by atoms with E-state index in [9.17, 15) is 4.79 Å². The first kappa shape index (κ1) is 19.9. The molecule has 1 aromatic heterocycles. The summed E-state index contributed by atoms with van der Waals surface area (Å²) in [5, 5.41) is 0. The third-order valence-electron chi connectivity index (χ3n) is 5.40. The lowest BCUT2D eigenvalue weighted by Crippen LogP contribution is -2.42. The molecule has 0 bridgehead atoms. The van der Waals surface area contributed by atoms with Gasteiger partial charge < -0.3 is 25.2 Å². The van der Waals surface area contributed by atoms with Crippen molar-refractivity contribution >= 4 is 29.0 Å². The minimum Gasteiger partial charge on any atom is -0.465 e. The molecule has 0 unspecified atom stereocenters. The van der Waals surface area contributed by atoms with Crippen LogP contribution in [0.2, 0.25) is 0 Å². The number of hydrogen-bond donors (Lipinski definition) is 1. The maximum atomic E-state index is 12.1. The topological polar surface area (TPSA) is 87.8 Å². The number of aromatic nitrogens is 2. The number of carbonyl (C=O) groups is 1. The SMILES string of the molecule is COC(=O)c1ccccc1N(C)c1ncnc(N(C)C2CCN(C)CC2)c1N. The van der Waals surface area contributed by atoms with Crippen LogP contribution in [-0.4, -0.2) is 68.2 Å². The molecule has 3 rings (SSSR count). The van der Waals surface area contributed by atoms with Crippen LogP contribution in [0.5, 0.6) is 0 Å². The van der Waals surface area contributed by atoms with Gasteiger partial charge in [-0.15, -0.1) is 0 Å². The Morgan fingerprint density at radius 2 is 1.82 bits per heavy atom. The van der Waals surface area contributed by atoms with Crippen LogP contribution in [0.4, 0.5) is 23.0 Å². The van der Waals surface area contributed by atoms with Gasteiger partial charge in [-0.05, 0) is 45.1 Å². The van der Waals surface area contributed by atoms with Crippen molar-refractivity contribution in [2.75, 3.05) is 56.9 Å². The van der Waals surface area contributed by atoms with Crippen molar-refractivity contribution in [1.82, 2.24) is 14.9 Å². The van der Waals surface area contributed by atoms with Crippen LogP contribution in [0, 0.1) is 0 Å². The highest BCUT2D eigenvalue weighted by Gasteiger charge is 2.25. The summed E-state index contributed by atoms with van der Waals surface area (Å²) < 4.78 is 4.90. The maximum Gasteiger partial charge on any atom is 0.339 e. The molecule has 28 heavy (non-hydrogen) atoms. The summed E-state index contributed by atoms with van der Waals surface area (Å²) in [5.74, 6) is 0.863. The molecule has 0 amide bonds. The number of benzene rings is 1. The summed E-state index contributed by atoms with van der Waals surface area (Å²) in [6.07, 6.45) is 3.64. The first-order valence-corrected chi connectivity index (χ1v) is 9.37. The average molecular weight is 384 g/mol. The molecule has 1 fully saturated rings. The molecular weight excluding hydrogens is 356 g/mol. The maximum absolute atomic E-state index is 12.1. The zero-order chi connectivity index (χ0) is 20.3. The molecule has 2 aromatic rings. The molecular formula is C20H28N6O2. The number of hydrogen-bond acceptors (Lipinski definition) is 8. The number of nitrogens with two attached hydrogens (primary N) is 1. The van der Waals surface area contributed by atoms with Gasteiger partial charge in [-0.3, -0.25) is 0 Å². The van der Waals surface area contributed by atoms with Crippen LogP contribution in [0.25, 0.3) is 0 Å². The van der Waals surface area contributed by atoms with Crippen LogP contribution in [0.1, 0.15) is 23.2 Å². The zero-order valence-corrected chi connectivity index (χ0v) is 16.9. The van der Waals surface area contributed by atoms with Gasteiger partial charge in [-0.1, -0.05) is 12.1 Å². The molecule has 150 valence electrons. The van der Waals surface area contributed by atoms with Crippen molar-refractivity contribution in [3.8, 4) is 0 Å². The number of nitrogens with zero attached hydrogens (tertiary/aromatic N) is 5. The number of ether oxygens (including phenoxy) is 1. The molecule has 0 spiro atoms. The van der Waals surface area contributed by atoms with Gasteiger partial charge in [-0.25, -0.2) is 14.8 Å². The fourth-order valence-corrected chi connectivity index (χ4v) is 3.64. The Morgan fingerprint density at radius 3 is 2.50 bits per heavy atom. The molecule has 0 saturated carbocycles. The number of carbonyl (C=O) groups excluding carboxylic acids is 1. The normalized spacial score (nSPS) is 15.3. The number of anilines is 4. The molecule has 0 aliphatic carbocycles. The molecule has 1 saturated heterocycles. The monoisotopic (exact) mass is 384 g/mol. The van der Waals surface area contributed by atoms with Crippen LogP contribution in [-0.2, 0) is 4.74 Å². The molecule has 8 nitrogen and oxygen atoms in total. The largest absolute Gasteiger partial charge is 0.465 e. The minimum atomic E-state index is -0.404. The number of para-hydroxylation sites is 1. The Kier molecular flexibility index (Phi) is 5.99. The second-order valence-corrected chi connectivity index (χ2v) is 7.15. The molecule has 0 radical (unpaired) electrons. The molecule has 1 aromatic carbocycles. The molecule has 2 heterocycles. The van der Waals surface area contributed by atoms with Gasteiger partial charge in [0.05, 0.1) is 18.4 Å². The van der Waals surface area contributed by atoms with E-state index in [1.807, 2.05) is 26.2 Å². The number of likely N-dealkylation sites (tertiary alicyclic amines) is 1. The van der Waals surface area contributed by atoms with Gasteiger partial charge in [0.25, 0.3) is 0 Å². The second kappa shape index (κ2) is 8.43. The van der Waals surface area contributed by atoms with Gasteiger partial charge in [-0.2, -0.15) is 0 Å². The van der Waals surface area contributed by atoms with Crippen molar-refractivity contribution in [3.63, 3.8) is 0 Å². The second-order valence-electron chi connectivity index (χ2n) is 7.15. The van der Waals surface area contributed by atoms with E-state index in [4.69, 9.17) is 10.5 Å². The van der Waals surface area contributed by atoms with Crippen LogP contribution >= 0.6 is 0 Å². The number of nitrogen functional groups attached to an aromatic ring is 1. The molecule has 0 atom stereocenters. The van der Waals surface area contributed by atoms with Crippen LogP contribution in [0.3, 0.4) is 0 Å². The van der Waals surface area contributed by atoms with E-state index in [2.05, 4.69) is 26.8 Å². The fourth-order valence-electron chi connectivity index (χ4n) is 3.64. The van der Waals surface area contributed by atoms with Crippen molar-refractivity contribution in [2.45, 2.75) is 18.9 Å². The highest BCUT2D eigenvalue weighted by Crippen LogP contribution is 2.35. The number of methoxy groups -OCH3 is 1. The van der Waals surface area contributed by atoms with Gasteiger partial charge in [0.2, 0.25) is 0 Å². The summed E-state index contributed by atoms with van der Waals surface area (Å²) in [6.45, 7) is 2.11. The Morgan fingerprint density at radius 1 is 1.18 bits per heavy atom. The van der Waals surface area contributed by atoms with E-state index >= 15 is 0 Å². The first-order valence-electron chi connectivity index (χ1n) is 9.37. The average Bonchev–Trinajstić information content (AvgIpc) is 2.73. The van der Waals surface area contributed by atoms with E-state index in [0.29, 0.717) is 34.6 Å². The van der Waals surface area contributed by atoms with E-state index in [1.54, 1.807) is 17.0 Å². The Bertz CT molecular complexity index is 835. The van der Waals surface area contributed by atoms with Crippen LogP contribution < -0.4 is 15.5 Å². The van der Waals surface area contributed by atoms with Crippen molar-refractivity contribution in [2.24, 2.45) is 0 Å². The lowest BCUT2D eigenvalue weighted by molar-refractivity contribution is 0.0601. The molecule has 8 heteroatoms. The van der Waals surface area contributed by atoms with E-state index < -0.39 is 5.97 Å². The predicted molar refractivity (Wildman–Crippen MR) is 111 cm³/mol. The summed E-state index contributed by atoms with van der Waals surface area (Å²) >= 11 is 0. The van der Waals surface area contributed by atoms with Gasteiger partial charge in [0, 0.05) is 20.1 Å². The number of esters is 1. The van der Waals surface area contributed by atoms with Crippen molar-refractivity contribution < 1.29 is 9.53 Å². The zero-order valence-electron chi connectivity index (χ0n) is 16.9. The van der Waals surface area contributed by atoms with Gasteiger partial charge in [0.15, 0.2) is 11.6 Å². The van der Waals surface area contributed by atoms with Crippen molar-refractivity contribution in [3.05, 3.63) is 36.2 Å². The van der Waals surface area contributed by atoms with Crippen molar-refractivity contribution in [1.29, 1.82) is 0 Å². The Labute approximate surface area is 165 Å². The molecule has 2 N–H and O–H groups in total. The lowest BCUT2D eigenvalue weighted by atomic mass is 10.0. The molecule has 1 aliphatic heterocycles. The first-order chi connectivity index (χ1) is 13.4. The highest BCUT2D eigenvalue weighted by atomic mass is 16.5. The lowest BCUT2D eigenvalue weighted by Gasteiger charge is -2.36.